The smallest absolute Gasteiger partial charge is 0.226 e. The monoisotopic (exact) mass is 222 g/mol. The molecule has 1 aliphatic rings. The molecule has 0 saturated carbocycles. The molecule has 0 unspecified atom stereocenters. The van der Waals surface area contributed by atoms with Gasteiger partial charge in [-0.05, 0) is 0 Å². The summed E-state index contributed by atoms with van der Waals surface area (Å²) in [6.07, 6.45) is 0. The lowest BCUT2D eigenvalue weighted by atomic mass is 10.1. The second-order valence-corrected chi connectivity index (χ2v) is 3.82. The average Bonchev–Trinajstić information content (AvgIpc) is 2.90. The Morgan fingerprint density at radius 2 is 1.29 bits per heavy atom. The van der Waals surface area contributed by atoms with E-state index in [1.165, 1.54) is 0 Å². The van der Waals surface area contributed by atoms with E-state index >= 15 is 0 Å². The molecule has 0 bridgehead atoms. The van der Waals surface area contributed by atoms with E-state index in [4.69, 9.17) is 4.74 Å². The molecule has 0 saturated heterocycles. The van der Waals surface area contributed by atoms with Gasteiger partial charge in [0.1, 0.15) is 0 Å². The second-order valence-electron chi connectivity index (χ2n) is 3.82. The summed E-state index contributed by atoms with van der Waals surface area (Å²) in [7, 11) is 0. The van der Waals surface area contributed by atoms with Crippen LogP contribution >= 0.6 is 0 Å². The minimum absolute atomic E-state index is 0.872. The summed E-state index contributed by atoms with van der Waals surface area (Å²) in [5.74, 6) is 0.872. The first-order chi connectivity index (χ1) is 8.45. The van der Waals surface area contributed by atoms with Crippen molar-refractivity contribution in [3.8, 4) is 0 Å². The van der Waals surface area contributed by atoms with Crippen LogP contribution in [0, 0.1) is 6.73 Å². The highest BCUT2D eigenvalue weighted by atomic mass is 16.5. The van der Waals surface area contributed by atoms with Crippen LogP contribution in [-0.2, 0) is 4.74 Å². The van der Waals surface area contributed by atoms with Gasteiger partial charge in [-0.1, -0.05) is 60.7 Å². The van der Waals surface area contributed by atoms with E-state index in [2.05, 4.69) is 17.4 Å². The van der Waals surface area contributed by atoms with E-state index in [0.717, 1.165) is 22.6 Å². The van der Waals surface area contributed by atoms with Crippen molar-refractivity contribution in [3.63, 3.8) is 0 Å². The maximum absolute atomic E-state index is 5.55. The standard InChI is InChI=1S/C15H12NO/c1-3-7-12(8-4-1)14-15(17-11-16-14)13-9-5-2-6-10-13/h1-11,16H. The molecule has 0 amide bonds. The highest BCUT2D eigenvalue weighted by molar-refractivity contribution is 5.88. The van der Waals surface area contributed by atoms with Gasteiger partial charge in [0.15, 0.2) is 5.76 Å². The zero-order valence-electron chi connectivity index (χ0n) is 9.26. The van der Waals surface area contributed by atoms with Crippen molar-refractivity contribution in [3.05, 3.63) is 78.5 Å². The van der Waals surface area contributed by atoms with Crippen LogP contribution in [0.3, 0.4) is 0 Å². The summed E-state index contributed by atoms with van der Waals surface area (Å²) in [4.78, 5) is 0. The minimum Gasteiger partial charge on any atom is -0.462 e. The van der Waals surface area contributed by atoms with E-state index in [9.17, 15) is 0 Å². The molecule has 0 spiro atoms. The van der Waals surface area contributed by atoms with Gasteiger partial charge >= 0.3 is 0 Å². The zero-order chi connectivity index (χ0) is 11.5. The molecule has 0 aliphatic carbocycles. The van der Waals surface area contributed by atoms with Gasteiger partial charge in [0.05, 0.1) is 5.70 Å². The molecular weight excluding hydrogens is 210 g/mol. The van der Waals surface area contributed by atoms with Gasteiger partial charge in [0.2, 0.25) is 6.73 Å². The van der Waals surface area contributed by atoms with Crippen LogP contribution in [0.1, 0.15) is 11.1 Å². The number of ether oxygens (including phenoxy) is 1. The molecule has 0 atom stereocenters. The van der Waals surface area contributed by atoms with Crippen LogP contribution in [-0.4, -0.2) is 0 Å². The number of benzene rings is 2. The molecule has 17 heavy (non-hydrogen) atoms. The Labute approximate surface area is 101 Å². The van der Waals surface area contributed by atoms with Crippen LogP contribution in [0.15, 0.2) is 60.7 Å². The molecule has 2 nitrogen and oxygen atoms in total. The minimum atomic E-state index is 0.872. The molecule has 0 aromatic heterocycles. The SMILES string of the molecule is [CH]1NC(c2ccccc2)=C(c2ccccc2)O1. The van der Waals surface area contributed by atoms with Crippen LogP contribution in [0.4, 0.5) is 0 Å². The zero-order valence-corrected chi connectivity index (χ0v) is 9.26. The Morgan fingerprint density at radius 1 is 0.706 bits per heavy atom. The topological polar surface area (TPSA) is 21.3 Å². The Balaban J connectivity index is 2.08. The Hall–Kier alpha value is -2.22. The quantitative estimate of drug-likeness (QED) is 0.842. The molecule has 3 rings (SSSR count). The fraction of sp³-hybridized carbons (Fsp3) is 0. The molecule has 1 heterocycles. The summed E-state index contributed by atoms with van der Waals surface area (Å²) >= 11 is 0. The van der Waals surface area contributed by atoms with Gasteiger partial charge in [-0.3, -0.25) is 0 Å². The molecule has 83 valence electrons. The third-order valence-electron chi connectivity index (χ3n) is 2.71. The number of rotatable bonds is 2. The molecular formula is C15H12NO. The fourth-order valence-electron chi connectivity index (χ4n) is 1.89. The van der Waals surface area contributed by atoms with Crippen molar-refractivity contribution >= 4 is 11.5 Å². The molecule has 2 heteroatoms. The summed E-state index contributed by atoms with van der Waals surface area (Å²) in [6, 6.07) is 20.3. The van der Waals surface area contributed by atoms with Crippen LogP contribution in [0.25, 0.3) is 11.5 Å². The summed E-state index contributed by atoms with van der Waals surface area (Å²) in [6.45, 7) is 1.62. The van der Waals surface area contributed by atoms with E-state index in [-0.39, 0.29) is 0 Å². The lowest BCUT2D eigenvalue weighted by Gasteiger charge is -2.05. The lowest BCUT2D eigenvalue weighted by molar-refractivity contribution is 0.372. The fourth-order valence-corrected chi connectivity index (χ4v) is 1.89. The maximum atomic E-state index is 5.55. The van der Waals surface area contributed by atoms with Crippen molar-refractivity contribution in [1.29, 1.82) is 0 Å². The van der Waals surface area contributed by atoms with E-state index in [1.54, 1.807) is 6.73 Å². The predicted molar refractivity (Wildman–Crippen MR) is 68.2 cm³/mol. The summed E-state index contributed by atoms with van der Waals surface area (Å²) in [5.41, 5.74) is 3.21. The predicted octanol–water partition coefficient (Wildman–Crippen LogP) is 3.25. The Bertz CT molecular complexity index is 482. The first-order valence-corrected chi connectivity index (χ1v) is 5.55. The van der Waals surface area contributed by atoms with Gasteiger partial charge in [-0.25, -0.2) is 0 Å². The Kier molecular flexibility index (Phi) is 2.54. The van der Waals surface area contributed by atoms with Crippen LogP contribution < -0.4 is 5.32 Å². The van der Waals surface area contributed by atoms with Crippen molar-refractivity contribution in [2.24, 2.45) is 0 Å². The molecule has 2 aromatic carbocycles. The van der Waals surface area contributed by atoms with Gasteiger partial charge in [-0.15, -0.1) is 0 Å². The van der Waals surface area contributed by atoms with Gasteiger partial charge in [0, 0.05) is 11.1 Å². The number of hydrogen-bond donors (Lipinski definition) is 1. The number of hydrogen-bond acceptors (Lipinski definition) is 2. The molecule has 1 aliphatic heterocycles. The van der Waals surface area contributed by atoms with E-state index in [0.29, 0.717) is 0 Å². The maximum Gasteiger partial charge on any atom is 0.226 e. The molecule has 0 fully saturated rings. The normalized spacial score (nSPS) is 14.4. The first kappa shape index (κ1) is 9.97. The van der Waals surface area contributed by atoms with E-state index < -0.39 is 0 Å². The van der Waals surface area contributed by atoms with Gasteiger partial charge < -0.3 is 10.1 Å². The largest absolute Gasteiger partial charge is 0.462 e. The third kappa shape index (κ3) is 1.89. The summed E-state index contributed by atoms with van der Waals surface area (Å²) in [5, 5.41) is 3.15. The van der Waals surface area contributed by atoms with Crippen molar-refractivity contribution in [2.75, 3.05) is 0 Å². The van der Waals surface area contributed by atoms with Crippen molar-refractivity contribution in [1.82, 2.24) is 5.32 Å². The van der Waals surface area contributed by atoms with Gasteiger partial charge in [0.25, 0.3) is 0 Å². The highest BCUT2D eigenvalue weighted by Crippen LogP contribution is 2.30. The van der Waals surface area contributed by atoms with E-state index in [1.807, 2.05) is 48.5 Å². The third-order valence-corrected chi connectivity index (χ3v) is 2.71. The van der Waals surface area contributed by atoms with Crippen molar-refractivity contribution in [2.45, 2.75) is 0 Å². The molecule has 2 aromatic rings. The average molecular weight is 222 g/mol. The van der Waals surface area contributed by atoms with Crippen LogP contribution in [0.2, 0.25) is 0 Å². The first-order valence-electron chi connectivity index (χ1n) is 5.55. The molecule has 1 radical (unpaired) electrons. The number of nitrogens with one attached hydrogen (secondary N) is 1. The molecule has 1 N–H and O–H groups in total. The Morgan fingerprint density at radius 3 is 1.94 bits per heavy atom. The van der Waals surface area contributed by atoms with Gasteiger partial charge in [-0.2, -0.15) is 0 Å². The lowest BCUT2D eigenvalue weighted by Crippen LogP contribution is -2.01. The van der Waals surface area contributed by atoms with Crippen molar-refractivity contribution < 1.29 is 4.74 Å². The highest BCUT2D eigenvalue weighted by Gasteiger charge is 2.18. The van der Waals surface area contributed by atoms with Crippen LogP contribution in [0.5, 0.6) is 0 Å². The second kappa shape index (κ2) is 4.34. The summed E-state index contributed by atoms with van der Waals surface area (Å²) < 4.78 is 5.55.